The lowest BCUT2D eigenvalue weighted by Crippen LogP contribution is -2.59. The minimum Gasteiger partial charge on any atom is -0.462 e. The lowest BCUT2D eigenvalue weighted by atomic mass is 9.99. The van der Waals surface area contributed by atoms with Crippen LogP contribution in [-0.4, -0.2) is 89.0 Å². The topological polar surface area (TPSA) is 152 Å². The smallest absolute Gasteiger partial charge is 0.306 e. The van der Waals surface area contributed by atoms with E-state index in [0.29, 0.717) is 12.8 Å². The van der Waals surface area contributed by atoms with Gasteiger partial charge < -0.3 is 39.4 Å². The van der Waals surface area contributed by atoms with E-state index in [0.717, 1.165) is 32.1 Å². The first-order valence-corrected chi connectivity index (χ1v) is 14.1. The van der Waals surface area contributed by atoms with Crippen molar-refractivity contribution in [2.75, 3.05) is 19.8 Å². The highest BCUT2D eigenvalue weighted by molar-refractivity contribution is 5.70. The number of esters is 2. The zero-order valence-corrected chi connectivity index (χ0v) is 22.7. The molecule has 10 heteroatoms. The van der Waals surface area contributed by atoms with Crippen molar-refractivity contribution in [2.24, 2.45) is 0 Å². The Hall–Kier alpha value is -1.30. The molecule has 37 heavy (non-hydrogen) atoms. The highest BCUT2D eigenvalue weighted by Gasteiger charge is 2.44. The Morgan fingerprint density at radius 3 is 1.89 bits per heavy atom. The van der Waals surface area contributed by atoms with Gasteiger partial charge in [-0.2, -0.15) is 0 Å². The predicted octanol–water partition coefficient (Wildman–Crippen LogP) is 2.76. The van der Waals surface area contributed by atoms with Crippen molar-refractivity contribution < 1.29 is 49.0 Å². The zero-order chi connectivity index (χ0) is 27.5. The molecule has 0 unspecified atom stereocenters. The molecule has 218 valence electrons. The minimum absolute atomic E-state index is 0.216. The summed E-state index contributed by atoms with van der Waals surface area (Å²) in [7, 11) is 0. The summed E-state index contributed by atoms with van der Waals surface area (Å²) < 4.78 is 21.6. The van der Waals surface area contributed by atoms with Gasteiger partial charge in [-0.1, -0.05) is 78.1 Å². The molecule has 1 aliphatic rings. The summed E-state index contributed by atoms with van der Waals surface area (Å²) in [5.41, 5.74) is 0. The predicted molar refractivity (Wildman–Crippen MR) is 137 cm³/mol. The second-order valence-corrected chi connectivity index (χ2v) is 9.86. The molecule has 0 amide bonds. The highest BCUT2D eigenvalue weighted by Crippen LogP contribution is 2.22. The first-order valence-electron chi connectivity index (χ1n) is 14.1. The van der Waals surface area contributed by atoms with Crippen molar-refractivity contribution in [1.82, 2.24) is 0 Å². The van der Waals surface area contributed by atoms with E-state index in [2.05, 4.69) is 6.92 Å². The number of ether oxygens (including phenoxy) is 4. The second kappa shape index (κ2) is 20.6. The van der Waals surface area contributed by atoms with Gasteiger partial charge in [-0.25, -0.2) is 0 Å². The summed E-state index contributed by atoms with van der Waals surface area (Å²) in [6, 6.07) is 0. The average Bonchev–Trinajstić information content (AvgIpc) is 2.89. The number of hydrogen-bond acceptors (Lipinski definition) is 10. The molecule has 1 fully saturated rings. The molecule has 0 bridgehead atoms. The van der Waals surface area contributed by atoms with Gasteiger partial charge in [0.05, 0.1) is 13.2 Å². The maximum absolute atomic E-state index is 12.4. The van der Waals surface area contributed by atoms with Crippen molar-refractivity contribution in [2.45, 2.75) is 141 Å². The molecule has 1 heterocycles. The summed E-state index contributed by atoms with van der Waals surface area (Å²) in [6.07, 6.45) is 5.11. The third kappa shape index (κ3) is 14.4. The number of unbranched alkanes of at least 4 members (excludes halogenated alkanes) is 10. The molecule has 10 nitrogen and oxygen atoms in total. The molecule has 0 aromatic carbocycles. The summed E-state index contributed by atoms with van der Waals surface area (Å²) in [6.45, 7) is 3.16. The van der Waals surface area contributed by atoms with Gasteiger partial charge in [-0.3, -0.25) is 9.59 Å². The summed E-state index contributed by atoms with van der Waals surface area (Å²) >= 11 is 0. The third-order valence-corrected chi connectivity index (χ3v) is 6.49. The standard InChI is InChI=1S/C27H50O10/c1-3-5-7-8-9-10-11-12-14-16-23(30)36-20(18-34-22(29)15-13-6-4-2)19-35-27-26(33)25(32)24(31)21(17-28)37-27/h20-21,24-28,31-33H,3-19H2,1-2H3/t20-,21-,24+,25+,26-,27-/m1/s1. The van der Waals surface area contributed by atoms with Gasteiger partial charge in [0.25, 0.3) is 0 Å². The van der Waals surface area contributed by atoms with Crippen LogP contribution in [0.25, 0.3) is 0 Å². The van der Waals surface area contributed by atoms with E-state index in [4.69, 9.17) is 18.9 Å². The van der Waals surface area contributed by atoms with E-state index < -0.39 is 55.4 Å². The van der Waals surface area contributed by atoms with Gasteiger partial charge >= 0.3 is 11.9 Å². The molecule has 0 aliphatic carbocycles. The van der Waals surface area contributed by atoms with Gasteiger partial charge in [0.1, 0.15) is 31.0 Å². The molecule has 0 aromatic rings. The van der Waals surface area contributed by atoms with Crippen LogP contribution in [0.5, 0.6) is 0 Å². The van der Waals surface area contributed by atoms with Crippen LogP contribution in [0.15, 0.2) is 0 Å². The number of rotatable bonds is 21. The first kappa shape index (κ1) is 33.7. The molecular weight excluding hydrogens is 484 g/mol. The lowest BCUT2D eigenvalue weighted by molar-refractivity contribution is -0.305. The van der Waals surface area contributed by atoms with Crippen LogP contribution in [-0.2, 0) is 28.5 Å². The van der Waals surface area contributed by atoms with E-state index in [1.165, 1.54) is 32.1 Å². The maximum atomic E-state index is 12.4. The Balaban J connectivity index is 2.50. The van der Waals surface area contributed by atoms with Crippen LogP contribution < -0.4 is 0 Å². The molecule has 0 aromatic heterocycles. The molecule has 0 saturated carbocycles. The molecule has 6 atom stereocenters. The summed E-state index contributed by atoms with van der Waals surface area (Å²) in [5, 5.41) is 39.4. The number of hydrogen-bond donors (Lipinski definition) is 4. The van der Waals surface area contributed by atoms with E-state index in [-0.39, 0.29) is 26.1 Å². The SMILES string of the molecule is CCCCCCCCCCCC(=O)O[C@H](COC(=O)CCCCC)CO[C@@H]1O[C@H](CO)[C@H](O)[C@H](O)[C@H]1O. The Morgan fingerprint density at radius 2 is 1.27 bits per heavy atom. The van der Waals surface area contributed by atoms with Crippen molar-refractivity contribution in [3.8, 4) is 0 Å². The Kier molecular flexibility index (Phi) is 18.8. The molecule has 4 N–H and O–H groups in total. The van der Waals surface area contributed by atoms with Crippen LogP contribution in [0.2, 0.25) is 0 Å². The van der Waals surface area contributed by atoms with E-state index >= 15 is 0 Å². The molecule has 0 radical (unpaired) electrons. The first-order chi connectivity index (χ1) is 17.8. The summed E-state index contributed by atoms with van der Waals surface area (Å²) in [5.74, 6) is -0.839. The molecule has 1 saturated heterocycles. The summed E-state index contributed by atoms with van der Waals surface area (Å²) in [4.78, 5) is 24.4. The van der Waals surface area contributed by atoms with Crippen molar-refractivity contribution >= 4 is 11.9 Å². The van der Waals surface area contributed by atoms with Gasteiger partial charge in [0, 0.05) is 12.8 Å². The number of aliphatic hydroxyl groups excluding tert-OH is 4. The average molecular weight is 535 g/mol. The van der Waals surface area contributed by atoms with Gasteiger partial charge in [-0.05, 0) is 12.8 Å². The minimum atomic E-state index is -1.58. The number of carbonyl (C=O) groups is 2. The third-order valence-electron chi connectivity index (χ3n) is 6.49. The zero-order valence-electron chi connectivity index (χ0n) is 22.7. The van der Waals surface area contributed by atoms with Gasteiger partial charge in [0.15, 0.2) is 12.4 Å². The van der Waals surface area contributed by atoms with Crippen molar-refractivity contribution in [1.29, 1.82) is 0 Å². The van der Waals surface area contributed by atoms with Gasteiger partial charge in [-0.15, -0.1) is 0 Å². The Morgan fingerprint density at radius 1 is 0.730 bits per heavy atom. The van der Waals surface area contributed by atoms with E-state index in [1.54, 1.807) is 0 Å². The van der Waals surface area contributed by atoms with Crippen LogP contribution >= 0.6 is 0 Å². The van der Waals surface area contributed by atoms with Crippen LogP contribution in [0.1, 0.15) is 104 Å². The van der Waals surface area contributed by atoms with Crippen LogP contribution in [0, 0.1) is 0 Å². The second-order valence-electron chi connectivity index (χ2n) is 9.86. The molecule has 1 aliphatic heterocycles. The van der Waals surface area contributed by atoms with E-state index in [9.17, 15) is 30.0 Å². The van der Waals surface area contributed by atoms with E-state index in [1.807, 2.05) is 6.92 Å². The Labute approximate surface area is 221 Å². The number of carbonyl (C=O) groups excluding carboxylic acids is 2. The van der Waals surface area contributed by atoms with Crippen molar-refractivity contribution in [3.63, 3.8) is 0 Å². The molecular formula is C27H50O10. The van der Waals surface area contributed by atoms with Gasteiger partial charge in [0.2, 0.25) is 0 Å². The monoisotopic (exact) mass is 534 g/mol. The fraction of sp³-hybridized carbons (Fsp3) is 0.926. The maximum Gasteiger partial charge on any atom is 0.306 e. The largest absolute Gasteiger partial charge is 0.462 e. The molecule has 1 rings (SSSR count). The van der Waals surface area contributed by atoms with Crippen LogP contribution in [0.4, 0.5) is 0 Å². The Bertz CT molecular complexity index is 600. The number of aliphatic hydroxyl groups is 4. The lowest BCUT2D eigenvalue weighted by Gasteiger charge is -2.39. The fourth-order valence-electron chi connectivity index (χ4n) is 4.13. The normalized spacial score (nSPS) is 24.5. The molecule has 0 spiro atoms. The van der Waals surface area contributed by atoms with Crippen LogP contribution in [0.3, 0.4) is 0 Å². The fourth-order valence-corrected chi connectivity index (χ4v) is 4.13. The highest BCUT2D eigenvalue weighted by atomic mass is 16.7. The quantitative estimate of drug-likeness (QED) is 0.128. The van der Waals surface area contributed by atoms with Crippen molar-refractivity contribution in [3.05, 3.63) is 0 Å².